The predicted octanol–water partition coefficient (Wildman–Crippen LogP) is 4.83. The van der Waals surface area contributed by atoms with Crippen molar-refractivity contribution in [3.63, 3.8) is 0 Å². The number of aliphatic hydroxyl groups excluding tert-OH is 1. The molecule has 0 saturated heterocycles. The maximum absolute atomic E-state index is 13.3. The van der Waals surface area contributed by atoms with E-state index in [1.807, 2.05) is 50.2 Å². The van der Waals surface area contributed by atoms with E-state index in [2.05, 4.69) is 0 Å². The highest BCUT2D eigenvalue weighted by atomic mass is 16.5. The first kappa shape index (κ1) is 20.6. The second-order valence-corrected chi connectivity index (χ2v) is 8.45. The van der Waals surface area contributed by atoms with Gasteiger partial charge in [-0.2, -0.15) is 0 Å². The van der Waals surface area contributed by atoms with Gasteiger partial charge in [0.15, 0.2) is 11.5 Å². The fraction of sp³-hybridized carbons (Fsp3) is 0.333. The van der Waals surface area contributed by atoms with Crippen LogP contribution in [0.5, 0.6) is 5.75 Å². The van der Waals surface area contributed by atoms with Crippen LogP contribution < -0.4 is 9.64 Å². The van der Waals surface area contributed by atoms with E-state index < -0.39 is 23.1 Å². The molecule has 1 aliphatic heterocycles. The van der Waals surface area contributed by atoms with Crippen LogP contribution in [0.25, 0.3) is 0 Å². The molecule has 0 aliphatic carbocycles. The third-order valence-electron chi connectivity index (χ3n) is 5.19. The van der Waals surface area contributed by atoms with E-state index in [0.29, 0.717) is 17.0 Å². The number of ketones is 1. The maximum Gasteiger partial charge on any atom is 0.294 e. The topological polar surface area (TPSA) is 66.8 Å². The third kappa shape index (κ3) is 3.53. The molecule has 2 aromatic rings. The van der Waals surface area contributed by atoms with Crippen LogP contribution in [-0.4, -0.2) is 23.9 Å². The standard InChI is InChI=1S/C24H27NO4/c1-14-11-12-15(2)17(13-14)25-20(16-9-7-8-10-18(16)29-6)19(21(26)23(25)28)22(27)24(3,4)5/h7-13,20,26H,1-6H3. The molecule has 0 spiro atoms. The van der Waals surface area contributed by atoms with Crippen molar-refractivity contribution in [3.8, 4) is 5.75 Å². The van der Waals surface area contributed by atoms with Crippen LogP contribution in [0.2, 0.25) is 0 Å². The first-order valence-electron chi connectivity index (χ1n) is 9.59. The van der Waals surface area contributed by atoms with Gasteiger partial charge in [0, 0.05) is 16.7 Å². The highest BCUT2D eigenvalue weighted by molar-refractivity contribution is 6.17. The lowest BCUT2D eigenvalue weighted by molar-refractivity contribution is -0.123. The van der Waals surface area contributed by atoms with Crippen LogP contribution in [0.4, 0.5) is 5.69 Å². The molecule has 5 heteroatoms. The Morgan fingerprint density at radius 1 is 1.10 bits per heavy atom. The van der Waals surface area contributed by atoms with E-state index in [0.717, 1.165) is 11.1 Å². The fourth-order valence-corrected chi connectivity index (χ4v) is 3.66. The van der Waals surface area contributed by atoms with Gasteiger partial charge in [0.2, 0.25) is 0 Å². The zero-order valence-corrected chi connectivity index (χ0v) is 17.7. The fourth-order valence-electron chi connectivity index (χ4n) is 3.66. The first-order chi connectivity index (χ1) is 13.6. The molecule has 0 saturated carbocycles. The molecule has 1 unspecified atom stereocenters. The lowest BCUT2D eigenvalue weighted by Crippen LogP contribution is -2.33. The van der Waals surface area contributed by atoms with E-state index >= 15 is 0 Å². The van der Waals surface area contributed by atoms with Gasteiger partial charge in [-0.3, -0.25) is 14.5 Å². The molecule has 0 radical (unpaired) electrons. The summed E-state index contributed by atoms with van der Waals surface area (Å²) in [5, 5.41) is 10.8. The van der Waals surface area contributed by atoms with Crippen molar-refractivity contribution >= 4 is 17.4 Å². The molecule has 1 heterocycles. The molecule has 29 heavy (non-hydrogen) atoms. The van der Waals surface area contributed by atoms with Crippen molar-refractivity contribution in [2.45, 2.75) is 40.7 Å². The van der Waals surface area contributed by atoms with Gasteiger partial charge >= 0.3 is 0 Å². The van der Waals surface area contributed by atoms with Crippen molar-refractivity contribution in [1.82, 2.24) is 0 Å². The second kappa shape index (κ2) is 7.39. The van der Waals surface area contributed by atoms with Crippen LogP contribution in [-0.2, 0) is 9.59 Å². The molecule has 152 valence electrons. The molecule has 0 aromatic heterocycles. The van der Waals surface area contributed by atoms with Crippen molar-refractivity contribution in [1.29, 1.82) is 0 Å². The van der Waals surface area contributed by atoms with Crippen LogP contribution in [0.3, 0.4) is 0 Å². The zero-order chi connectivity index (χ0) is 21.5. The van der Waals surface area contributed by atoms with Crippen molar-refractivity contribution < 1.29 is 19.4 Å². The van der Waals surface area contributed by atoms with Crippen molar-refractivity contribution in [2.24, 2.45) is 5.41 Å². The normalized spacial score (nSPS) is 17.1. The number of benzene rings is 2. The Bertz CT molecular complexity index is 1010. The Morgan fingerprint density at radius 3 is 2.38 bits per heavy atom. The Kier molecular flexibility index (Phi) is 5.26. The number of methoxy groups -OCH3 is 1. The van der Waals surface area contributed by atoms with E-state index in [1.165, 1.54) is 4.90 Å². The maximum atomic E-state index is 13.3. The number of carbonyl (C=O) groups is 2. The summed E-state index contributed by atoms with van der Waals surface area (Å²) in [4.78, 5) is 28.0. The smallest absolute Gasteiger partial charge is 0.294 e. The van der Waals surface area contributed by atoms with Gasteiger partial charge in [-0.1, -0.05) is 51.1 Å². The van der Waals surface area contributed by atoms with Gasteiger partial charge in [0.1, 0.15) is 5.75 Å². The van der Waals surface area contributed by atoms with E-state index in [4.69, 9.17) is 4.74 Å². The van der Waals surface area contributed by atoms with Crippen LogP contribution in [0, 0.1) is 19.3 Å². The SMILES string of the molecule is COc1ccccc1C1C(C(=O)C(C)(C)C)=C(O)C(=O)N1c1cc(C)ccc1C. The summed E-state index contributed by atoms with van der Waals surface area (Å²) < 4.78 is 5.53. The molecule has 0 fully saturated rings. The Balaban J connectivity index is 2.31. The van der Waals surface area contributed by atoms with Crippen LogP contribution >= 0.6 is 0 Å². The molecule has 5 nitrogen and oxygen atoms in total. The molecule has 1 aliphatic rings. The summed E-state index contributed by atoms with van der Waals surface area (Å²) >= 11 is 0. The summed E-state index contributed by atoms with van der Waals surface area (Å²) in [5.74, 6) is -0.800. The van der Waals surface area contributed by atoms with Gasteiger partial charge < -0.3 is 9.84 Å². The zero-order valence-electron chi connectivity index (χ0n) is 17.7. The molecule has 1 atom stereocenters. The summed E-state index contributed by atoms with van der Waals surface area (Å²) in [6.07, 6.45) is 0. The molecule has 2 aromatic carbocycles. The van der Waals surface area contributed by atoms with Gasteiger partial charge in [-0.15, -0.1) is 0 Å². The number of carbonyl (C=O) groups excluding carboxylic acids is 2. The van der Waals surface area contributed by atoms with Gasteiger partial charge in [0.05, 0.1) is 18.7 Å². The Hall–Kier alpha value is -3.08. The van der Waals surface area contributed by atoms with Crippen LogP contribution in [0.15, 0.2) is 53.8 Å². The highest BCUT2D eigenvalue weighted by Gasteiger charge is 2.47. The van der Waals surface area contributed by atoms with Crippen LogP contribution in [0.1, 0.15) is 43.5 Å². The number of amides is 1. The molecule has 1 N–H and O–H groups in total. The highest BCUT2D eigenvalue weighted by Crippen LogP contribution is 2.46. The molecule has 0 bridgehead atoms. The Labute approximate surface area is 171 Å². The third-order valence-corrected chi connectivity index (χ3v) is 5.19. The molecule has 1 amide bonds. The number of anilines is 1. The minimum atomic E-state index is -0.772. The molecular formula is C24H27NO4. The minimum Gasteiger partial charge on any atom is -0.503 e. The number of aliphatic hydroxyl groups is 1. The number of rotatable bonds is 4. The number of hydrogen-bond donors (Lipinski definition) is 1. The number of ether oxygens (including phenoxy) is 1. The largest absolute Gasteiger partial charge is 0.503 e. The van der Waals surface area contributed by atoms with E-state index in [1.54, 1.807) is 33.9 Å². The van der Waals surface area contributed by atoms with Gasteiger partial charge in [0.25, 0.3) is 5.91 Å². The van der Waals surface area contributed by atoms with Crippen molar-refractivity contribution in [2.75, 3.05) is 12.0 Å². The molecule has 3 rings (SSSR count). The number of nitrogens with zero attached hydrogens (tertiary/aromatic N) is 1. The number of Topliss-reactive ketones (excluding diaryl/α,β-unsaturated/α-hetero) is 1. The lowest BCUT2D eigenvalue weighted by Gasteiger charge is -2.31. The van der Waals surface area contributed by atoms with Crippen molar-refractivity contribution in [3.05, 3.63) is 70.5 Å². The average molecular weight is 393 g/mol. The van der Waals surface area contributed by atoms with E-state index in [-0.39, 0.29) is 11.4 Å². The molecular weight excluding hydrogens is 366 g/mol. The van der Waals surface area contributed by atoms with E-state index in [9.17, 15) is 14.7 Å². The summed E-state index contributed by atoms with van der Waals surface area (Å²) in [6.45, 7) is 9.18. The van der Waals surface area contributed by atoms with Gasteiger partial charge in [-0.05, 0) is 37.1 Å². The predicted molar refractivity (Wildman–Crippen MR) is 113 cm³/mol. The second-order valence-electron chi connectivity index (χ2n) is 8.45. The lowest BCUT2D eigenvalue weighted by atomic mass is 9.82. The number of hydrogen-bond acceptors (Lipinski definition) is 4. The summed E-state index contributed by atoms with van der Waals surface area (Å²) in [7, 11) is 1.55. The first-order valence-corrected chi connectivity index (χ1v) is 9.59. The Morgan fingerprint density at radius 2 is 1.76 bits per heavy atom. The monoisotopic (exact) mass is 393 g/mol. The quantitative estimate of drug-likeness (QED) is 0.808. The summed E-state index contributed by atoms with van der Waals surface area (Å²) in [6, 6.07) is 12.3. The van der Waals surface area contributed by atoms with Gasteiger partial charge in [-0.25, -0.2) is 0 Å². The summed E-state index contributed by atoms with van der Waals surface area (Å²) in [5.41, 5.74) is 2.51. The minimum absolute atomic E-state index is 0.105. The number of para-hydroxylation sites is 1. The number of aryl methyl sites for hydroxylation is 2. The average Bonchev–Trinajstić information content (AvgIpc) is 2.93.